The lowest BCUT2D eigenvalue weighted by molar-refractivity contribution is 0.0397. The summed E-state index contributed by atoms with van der Waals surface area (Å²) in [6.07, 6.45) is 0.730. The van der Waals surface area contributed by atoms with E-state index in [9.17, 15) is 12.8 Å². The van der Waals surface area contributed by atoms with Crippen LogP contribution in [0.3, 0.4) is 0 Å². The number of benzene rings is 2. The first-order valence-electron chi connectivity index (χ1n) is 9.41. The first kappa shape index (κ1) is 20.3. The Morgan fingerprint density at radius 3 is 2.50 bits per heavy atom. The maximum Gasteiger partial charge on any atom is 0.240 e. The van der Waals surface area contributed by atoms with E-state index >= 15 is 0 Å². The Labute approximate surface area is 174 Å². The standard InChI is InChI=1S/C22H20FN3O3S/c1-15-13-22-20(14-29-15)21(25-26(22)18-8-6-17(23)7-9-18)12-5-16-3-10-19(11-4-16)30(27,28)24-2/h3-4,6-11,15,24H,13-14H2,1-2H3/t15-/m0/s1. The largest absolute Gasteiger partial charge is 0.373 e. The topological polar surface area (TPSA) is 73.2 Å². The molecule has 0 saturated heterocycles. The van der Waals surface area contributed by atoms with Gasteiger partial charge in [0.05, 0.1) is 29.0 Å². The molecule has 2 heterocycles. The van der Waals surface area contributed by atoms with Crippen molar-refractivity contribution in [3.8, 4) is 17.5 Å². The van der Waals surface area contributed by atoms with Crippen LogP contribution in [0.15, 0.2) is 53.4 Å². The molecule has 154 valence electrons. The summed E-state index contributed by atoms with van der Waals surface area (Å²) in [5, 5.41) is 4.65. The Bertz CT molecular complexity index is 1240. The van der Waals surface area contributed by atoms with E-state index < -0.39 is 10.0 Å². The Balaban J connectivity index is 1.71. The van der Waals surface area contributed by atoms with Gasteiger partial charge >= 0.3 is 0 Å². The summed E-state index contributed by atoms with van der Waals surface area (Å²) in [6, 6.07) is 12.5. The van der Waals surface area contributed by atoms with Crippen LogP contribution < -0.4 is 4.72 Å². The second-order valence-corrected chi connectivity index (χ2v) is 8.86. The average Bonchev–Trinajstić information content (AvgIpc) is 3.10. The van der Waals surface area contributed by atoms with Crippen LogP contribution >= 0.6 is 0 Å². The maximum atomic E-state index is 13.3. The molecule has 0 spiro atoms. The van der Waals surface area contributed by atoms with Gasteiger partial charge in [-0.1, -0.05) is 5.92 Å². The summed E-state index contributed by atoms with van der Waals surface area (Å²) < 4.78 is 46.9. The van der Waals surface area contributed by atoms with E-state index in [0.29, 0.717) is 24.3 Å². The van der Waals surface area contributed by atoms with Crippen molar-refractivity contribution in [3.05, 3.63) is 76.9 Å². The van der Waals surface area contributed by atoms with Gasteiger partial charge in [-0.25, -0.2) is 22.2 Å². The van der Waals surface area contributed by atoms with Crippen molar-refractivity contribution < 1.29 is 17.5 Å². The molecule has 1 N–H and O–H groups in total. The van der Waals surface area contributed by atoms with Gasteiger partial charge < -0.3 is 4.74 Å². The first-order valence-corrected chi connectivity index (χ1v) is 10.9. The molecule has 0 bridgehead atoms. The van der Waals surface area contributed by atoms with E-state index in [1.807, 2.05) is 6.92 Å². The molecular weight excluding hydrogens is 405 g/mol. The number of fused-ring (bicyclic) bond motifs is 1. The molecule has 6 nitrogen and oxygen atoms in total. The smallest absolute Gasteiger partial charge is 0.240 e. The molecule has 1 aliphatic rings. The van der Waals surface area contributed by atoms with E-state index in [2.05, 4.69) is 21.7 Å². The summed E-state index contributed by atoms with van der Waals surface area (Å²) in [5.41, 5.74) is 3.93. The highest BCUT2D eigenvalue weighted by Gasteiger charge is 2.25. The lowest BCUT2D eigenvalue weighted by atomic mass is 10.1. The third-order valence-corrected chi connectivity index (χ3v) is 6.34. The quantitative estimate of drug-likeness (QED) is 0.655. The van der Waals surface area contributed by atoms with Crippen LogP contribution in [0, 0.1) is 17.7 Å². The molecule has 0 saturated carbocycles. The zero-order valence-electron chi connectivity index (χ0n) is 16.5. The van der Waals surface area contributed by atoms with Crippen LogP contribution in [0.5, 0.6) is 0 Å². The van der Waals surface area contributed by atoms with Crippen LogP contribution in [0.25, 0.3) is 5.69 Å². The van der Waals surface area contributed by atoms with Gasteiger partial charge in [0.25, 0.3) is 0 Å². The summed E-state index contributed by atoms with van der Waals surface area (Å²) in [4.78, 5) is 0.177. The first-order chi connectivity index (χ1) is 14.4. The van der Waals surface area contributed by atoms with Gasteiger partial charge in [-0.3, -0.25) is 0 Å². The molecule has 0 fully saturated rings. The third-order valence-electron chi connectivity index (χ3n) is 4.91. The molecule has 1 atom stereocenters. The maximum absolute atomic E-state index is 13.3. The van der Waals surface area contributed by atoms with Crippen molar-refractivity contribution in [2.24, 2.45) is 0 Å². The number of hydrogen-bond donors (Lipinski definition) is 1. The van der Waals surface area contributed by atoms with Gasteiger partial charge in [-0.15, -0.1) is 0 Å². The number of rotatable bonds is 3. The lowest BCUT2D eigenvalue weighted by Gasteiger charge is -2.20. The average molecular weight is 425 g/mol. The second kappa shape index (κ2) is 8.03. The summed E-state index contributed by atoms with van der Waals surface area (Å²) in [7, 11) is -2.12. The molecule has 1 aromatic heterocycles. The molecule has 3 aromatic rings. The Kier molecular flexibility index (Phi) is 5.43. The number of nitrogens with zero attached hydrogens (tertiary/aromatic N) is 2. The summed E-state index contributed by atoms with van der Waals surface area (Å²) in [6.45, 7) is 2.40. The van der Waals surface area contributed by atoms with Crippen molar-refractivity contribution in [1.82, 2.24) is 14.5 Å². The zero-order valence-corrected chi connectivity index (χ0v) is 17.3. The summed E-state index contributed by atoms with van der Waals surface area (Å²) >= 11 is 0. The van der Waals surface area contributed by atoms with Crippen molar-refractivity contribution >= 4 is 10.0 Å². The van der Waals surface area contributed by atoms with Crippen molar-refractivity contribution in [1.29, 1.82) is 0 Å². The molecular formula is C22H20FN3O3S. The number of ether oxygens (including phenoxy) is 1. The van der Waals surface area contributed by atoms with E-state index in [4.69, 9.17) is 4.74 Å². The number of nitrogens with one attached hydrogen (secondary N) is 1. The Morgan fingerprint density at radius 2 is 1.83 bits per heavy atom. The minimum absolute atomic E-state index is 0.0517. The minimum atomic E-state index is -3.49. The van der Waals surface area contributed by atoms with Gasteiger partial charge in [0.2, 0.25) is 10.0 Å². The monoisotopic (exact) mass is 425 g/mol. The van der Waals surface area contributed by atoms with Gasteiger partial charge in [-0.2, -0.15) is 5.10 Å². The predicted octanol–water partition coefficient (Wildman–Crippen LogP) is 2.78. The van der Waals surface area contributed by atoms with Crippen LogP contribution in [0.4, 0.5) is 4.39 Å². The van der Waals surface area contributed by atoms with Crippen LogP contribution in [-0.2, 0) is 27.8 Å². The van der Waals surface area contributed by atoms with Crippen molar-refractivity contribution in [2.45, 2.75) is 31.0 Å². The molecule has 0 unspecified atom stereocenters. The molecule has 1 aliphatic heterocycles. The Hall–Kier alpha value is -2.99. The number of halogens is 1. The van der Waals surface area contributed by atoms with E-state index in [1.54, 1.807) is 28.9 Å². The molecule has 2 aromatic carbocycles. The summed E-state index contributed by atoms with van der Waals surface area (Å²) in [5.74, 6) is 5.81. The van der Waals surface area contributed by atoms with Crippen molar-refractivity contribution in [2.75, 3.05) is 7.05 Å². The van der Waals surface area contributed by atoms with Crippen LogP contribution in [-0.4, -0.2) is 31.3 Å². The molecule has 8 heteroatoms. The SMILES string of the molecule is CNS(=O)(=O)c1ccc(C#Cc2nn(-c3ccc(F)cc3)c3c2CO[C@@H](C)C3)cc1. The van der Waals surface area contributed by atoms with Crippen molar-refractivity contribution in [3.63, 3.8) is 0 Å². The second-order valence-electron chi connectivity index (χ2n) is 6.97. The van der Waals surface area contributed by atoms with E-state index in [-0.39, 0.29) is 16.8 Å². The predicted molar refractivity (Wildman–Crippen MR) is 110 cm³/mol. The van der Waals surface area contributed by atoms with Crippen LogP contribution in [0.1, 0.15) is 29.4 Å². The highest BCUT2D eigenvalue weighted by atomic mass is 32.2. The van der Waals surface area contributed by atoms with E-state index in [0.717, 1.165) is 16.9 Å². The zero-order chi connectivity index (χ0) is 21.3. The molecule has 0 amide bonds. The lowest BCUT2D eigenvalue weighted by Crippen LogP contribution is -2.21. The normalized spacial score (nSPS) is 15.9. The number of sulfonamides is 1. The molecule has 4 rings (SSSR count). The minimum Gasteiger partial charge on any atom is -0.373 e. The van der Waals surface area contributed by atoms with Gasteiger partial charge in [0, 0.05) is 17.5 Å². The number of aromatic nitrogens is 2. The highest BCUT2D eigenvalue weighted by Crippen LogP contribution is 2.26. The fourth-order valence-corrected chi connectivity index (χ4v) is 4.00. The molecule has 0 aliphatic carbocycles. The highest BCUT2D eigenvalue weighted by molar-refractivity contribution is 7.89. The van der Waals surface area contributed by atoms with Gasteiger partial charge in [0.15, 0.2) is 0 Å². The number of hydrogen-bond acceptors (Lipinski definition) is 4. The van der Waals surface area contributed by atoms with E-state index in [1.165, 1.54) is 31.3 Å². The third kappa shape index (κ3) is 4.00. The van der Waals surface area contributed by atoms with Crippen LogP contribution in [0.2, 0.25) is 0 Å². The Morgan fingerprint density at radius 1 is 1.13 bits per heavy atom. The fraction of sp³-hybridized carbons (Fsp3) is 0.227. The van der Waals surface area contributed by atoms with Gasteiger partial charge in [-0.05, 0) is 68.4 Å². The van der Waals surface area contributed by atoms with Gasteiger partial charge in [0.1, 0.15) is 11.5 Å². The fourth-order valence-electron chi connectivity index (χ4n) is 3.27. The molecule has 30 heavy (non-hydrogen) atoms. The molecule has 0 radical (unpaired) electrons.